The number of rotatable bonds is 11. The minimum atomic E-state index is -0.0705. The molecule has 0 amide bonds. The Bertz CT molecular complexity index is 1500. The van der Waals surface area contributed by atoms with Gasteiger partial charge >= 0.3 is 0 Å². The van der Waals surface area contributed by atoms with Gasteiger partial charge in [0.1, 0.15) is 0 Å². The maximum Gasteiger partial charge on any atom is 0.227 e. The molecule has 4 rings (SSSR count). The second-order valence-corrected chi connectivity index (χ2v) is 12.9. The maximum absolute atomic E-state index is 11.9. The van der Waals surface area contributed by atoms with Crippen LogP contribution in [0, 0.1) is 13.8 Å². The van der Waals surface area contributed by atoms with E-state index in [0.29, 0.717) is 11.4 Å². The Morgan fingerprint density at radius 3 is 2.48 bits per heavy atom. The van der Waals surface area contributed by atoms with Crippen molar-refractivity contribution < 1.29 is 9.53 Å². The Morgan fingerprint density at radius 1 is 1.11 bits per heavy atom. The average molecular weight is 596 g/mol. The van der Waals surface area contributed by atoms with Crippen molar-refractivity contribution in [2.75, 3.05) is 13.7 Å². The van der Waals surface area contributed by atoms with Gasteiger partial charge in [0.25, 0.3) is 0 Å². The Balaban J connectivity index is 1.47. The number of Topliss-reactive ketones (excluding diaryl/α,β-unsaturated/α-hetero) is 1. The van der Waals surface area contributed by atoms with Crippen LogP contribution in [0.5, 0.6) is 5.88 Å². The van der Waals surface area contributed by atoms with E-state index in [0.717, 1.165) is 36.7 Å². The monoisotopic (exact) mass is 595 g/mol. The minimum Gasteiger partial charge on any atom is -0.480 e. The van der Waals surface area contributed by atoms with E-state index >= 15 is 0 Å². The summed E-state index contributed by atoms with van der Waals surface area (Å²) >= 11 is 0. The molecule has 0 radical (unpaired) electrons. The Morgan fingerprint density at radius 2 is 1.84 bits per heavy atom. The first-order valence-corrected chi connectivity index (χ1v) is 16.4. The third-order valence-electron chi connectivity index (χ3n) is 9.74. The molecule has 1 fully saturated rings. The maximum atomic E-state index is 11.9. The highest BCUT2D eigenvalue weighted by Gasteiger charge is 2.27. The van der Waals surface area contributed by atoms with Crippen LogP contribution in [0.25, 0.3) is 5.70 Å². The van der Waals surface area contributed by atoms with Gasteiger partial charge in [-0.25, -0.2) is 4.68 Å². The van der Waals surface area contributed by atoms with E-state index in [1.807, 2.05) is 19.1 Å². The molecule has 2 heterocycles. The third kappa shape index (κ3) is 7.43. The lowest BCUT2D eigenvalue weighted by molar-refractivity contribution is 0.101. The molecule has 0 bridgehead atoms. The molecule has 2 aliphatic rings. The number of ether oxygens (including phenoxy) is 1. The first-order chi connectivity index (χ1) is 21.1. The second kappa shape index (κ2) is 15.0. The van der Waals surface area contributed by atoms with Crippen LogP contribution in [0.15, 0.2) is 65.4 Å². The van der Waals surface area contributed by atoms with Gasteiger partial charge in [-0.15, -0.1) is 0 Å². The van der Waals surface area contributed by atoms with Gasteiger partial charge < -0.3 is 4.74 Å². The third-order valence-corrected chi connectivity index (χ3v) is 9.74. The van der Waals surface area contributed by atoms with Gasteiger partial charge in [-0.1, -0.05) is 55.7 Å². The number of fused-ring (bicyclic) bond motifs is 1. The molecule has 0 atom stereocenters. The van der Waals surface area contributed by atoms with Crippen LogP contribution < -0.4 is 4.74 Å². The van der Waals surface area contributed by atoms with Crippen molar-refractivity contribution in [1.29, 1.82) is 0 Å². The highest BCUT2D eigenvalue weighted by Crippen LogP contribution is 2.34. The molecule has 1 aromatic carbocycles. The summed E-state index contributed by atoms with van der Waals surface area (Å²) in [5.41, 5.74) is 13.8. The summed E-state index contributed by atoms with van der Waals surface area (Å²) in [6.07, 6.45) is 19.9. The molecule has 2 aromatic rings. The molecule has 1 aliphatic carbocycles. The van der Waals surface area contributed by atoms with Gasteiger partial charge in [0.05, 0.1) is 18.9 Å². The van der Waals surface area contributed by atoms with Gasteiger partial charge in [-0.2, -0.15) is 5.10 Å². The van der Waals surface area contributed by atoms with Crippen molar-refractivity contribution in [1.82, 2.24) is 14.7 Å². The number of aryl methyl sites for hydroxylation is 2. The molecule has 0 saturated heterocycles. The van der Waals surface area contributed by atoms with Crippen LogP contribution >= 0.6 is 0 Å². The largest absolute Gasteiger partial charge is 0.480 e. The first kappa shape index (κ1) is 33.5. The molecule has 44 heavy (non-hydrogen) atoms. The van der Waals surface area contributed by atoms with Gasteiger partial charge in [0, 0.05) is 24.8 Å². The van der Waals surface area contributed by atoms with Gasteiger partial charge in [-0.3, -0.25) is 9.69 Å². The lowest BCUT2D eigenvalue weighted by atomic mass is 9.84. The van der Waals surface area contributed by atoms with Crippen LogP contribution in [0.1, 0.15) is 111 Å². The summed E-state index contributed by atoms with van der Waals surface area (Å²) in [5, 5.41) is 4.35. The summed E-state index contributed by atoms with van der Waals surface area (Å²) in [4.78, 5) is 14.7. The number of hydrogen-bond acceptors (Lipinski definition) is 4. The van der Waals surface area contributed by atoms with Crippen molar-refractivity contribution in [3.63, 3.8) is 0 Å². The van der Waals surface area contributed by atoms with E-state index in [1.54, 1.807) is 29.1 Å². The van der Waals surface area contributed by atoms with Gasteiger partial charge in [0.2, 0.25) is 5.88 Å². The number of allylic oxidation sites excluding steroid dienone is 9. The second-order valence-electron chi connectivity index (χ2n) is 12.9. The standard InChI is InChI=1S/C39H53N3O2/c1-10-34(27(4)15-14-16-29(6)42-39(44-9)37(24-40-42)31(8)43)35(26(2)3)20-19-32-23-28(5)38-25-41(22-21-36(38)30(32)7)33-17-12-11-13-18-33/h10,14-16,23-24,33H,4,11-13,17-22,25H2,1-3,5-9H3/b15-14-,29-16+,34-10-. The number of carbonyl (C=O) groups is 1. The zero-order chi connectivity index (χ0) is 32.0. The van der Waals surface area contributed by atoms with Crippen molar-refractivity contribution in [2.45, 2.75) is 112 Å². The molecule has 0 unspecified atom stereocenters. The summed E-state index contributed by atoms with van der Waals surface area (Å²) in [5.74, 6) is 0.382. The van der Waals surface area contributed by atoms with Gasteiger partial charge in [-0.05, 0) is 131 Å². The number of methoxy groups -OCH3 is 1. The Hall–Kier alpha value is -3.44. The lowest BCUT2D eigenvalue weighted by Gasteiger charge is -2.39. The molecule has 0 N–H and O–H groups in total. The highest BCUT2D eigenvalue weighted by molar-refractivity contribution is 5.96. The number of hydrogen-bond donors (Lipinski definition) is 0. The molecule has 1 aliphatic heterocycles. The fourth-order valence-corrected chi connectivity index (χ4v) is 7.19. The highest BCUT2D eigenvalue weighted by atomic mass is 16.5. The molecular formula is C39H53N3O2. The Labute approximate surface area is 266 Å². The van der Waals surface area contributed by atoms with Crippen LogP contribution in [0.2, 0.25) is 0 Å². The van der Waals surface area contributed by atoms with E-state index in [9.17, 15) is 4.79 Å². The fraction of sp³-hybridized carbons (Fsp3) is 0.487. The molecule has 1 saturated carbocycles. The number of aromatic nitrogens is 2. The summed E-state index contributed by atoms with van der Waals surface area (Å²) in [6.45, 7) is 21.4. The number of carbonyl (C=O) groups excluding carboxylic acids is 1. The van der Waals surface area contributed by atoms with E-state index < -0.39 is 0 Å². The van der Waals surface area contributed by atoms with Crippen LogP contribution in [-0.4, -0.2) is 40.2 Å². The number of ketones is 1. The lowest BCUT2D eigenvalue weighted by Crippen LogP contribution is -2.40. The van der Waals surface area contributed by atoms with Crippen molar-refractivity contribution >= 4 is 11.5 Å². The smallest absolute Gasteiger partial charge is 0.227 e. The van der Waals surface area contributed by atoms with E-state index in [4.69, 9.17) is 4.74 Å². The van der Waals surface area contributed by atoms with Crippen molar-refractivity contribution in [3.05, 3.63) is 98.8 Å². The number of nitrogens with zero attached hydrogens (tertiary/aromatic N) is 3. The predicted octanol–water partition coefficient (Wildman–Crippen LogP) is 9.29. The number of benzene rings is 1. The van der Waals surface area contributed by atoms with E-state index in [-0.39, 0.29) is 5.78 Å². The SMILES string of the molecule is C=C(/C=C\C=C(/C)n1ncc(C(C)=O)c1OC)/C(=C/C)C(CCc1cc(C)c2c(c1C)CCN(C1CCCCC1)C2)=C(C)C. The molecule has 0 spiro atoms. The topological polar surface area (TPSA) is 47.4 Å². The Kier molecular flexibility index (Phi) is 11.4. The predicted molar refractivity (Wildman–Crippen MR) is 184 cm³/mol. The summed E-state index contributed by atoms with van der Waals surface area (Å²) < 4.78 is 7.11. The molecule has 5 heteroatoms. The average Bonchev–Trinajstić information content (AvgIpc) is 3.46. The quantitative estimate of drug-likeness (QED) is 0.192. The first-order valence-electron chi connectivity index (χ1n) is 16.4. The minimum absolute atomic E-state index is 0.0705. The summed E-state index contributed by atoms with van der Waals surface area (Å²) in [7, 11) is 1.56. The zero-order valence-electron chi connectivity index (χ0n) is 28.5. The molecular weight excluding hydrogens is 542 g/mol. The normalized spacial score (nSPS) is 16.7. The molecule has 5 nitrogen and oxygen atoms in total. The molecule has 236 valence electrons. The fourth-order valence-electron chi connectivity index (χ4n) is 7.19. The van der Waals surface area contributed by atoms with Crippen LogP contribution in [-0.2, 0) is 19.4 Å². The van der Waals surface area contributed by atoms with Gasteiger partial charge in [0.15, 0.2) is 5.78 Å². The zero-order valence-corrected chi connectivity index (χ0v) is 28.5. The van der Waals surface area contributed by atoms with Crippen LogP contribution in [0.3, 0.4) is 0 Å². The van der Waals surface area contributed by atoms with Crippen molar-refractivity contribution in [3.8, 4) is 5.88 Å². The van der Waals surface area contributed by atoms with E-state index in [2.05, 4.69) is 69.4 Å². The van der Waals surface area contributed by atoms with Crippen molar-refractivity contribution in [2.24, 2.45) is 0 Å². The van der Waals surface area contributed by atoms with E-state index in [1.165, 1.54) is 85.4 Å². The summed E-state index contributed by atoms with van der Waals surface area (Å²) in [6, 6.07) is 3.25. The van der Waals surface area contributed by atoms with Crippen LogP contribution in [0.4, 0.5) is 0 Å². The molecule has 1 aromatic heterocycles.